The summed E-state index contributed by atoms with van der Waals surface area (Å²) in [6, 6.07) is 12.4. The monoisotopic (exact) mass is 420 g/mol. The second-order valence-corrected chi connectivity index (χ2v) is 6.55. The number of fused-ring (bicyclic) bond motifs is 1. The maximum absolute atomic E-state index is 12.2. The molecule has 9 heteroatoms. The molecule has 0 fully saturated rings. The van der Waals surface area contributed by atoms with Crippen LogP contribution in [-0.2, 0) is 20.7 Å². The Balaban J connectivity index is 1.48. The van der Waals surface area contributed by atoms with Gasteiger partial charge in [-0.2, -0.15) is 0 Å². The molecule has 1 heterocycles. The molecular formula is C21H19F3N2O4. The molecule has 2 aromatic carbocycles. The predicted molar refractivity (Wildman–Crippen MR) is 104 cm³/mol. The van der Waals surface area contributed by atoms with E-state index in [9.17, 15) is 22.8 Å². The van der Waals surface area contributed by atoms with Crippen LogP contribution in [0.3, 0.4) is 0 Å². The lowest BCUT2D eigenvalue weighted by Crippen LogP contribution is -2.30. The molecule has 1 atom stereocenters. The van der Waals surface area contributed by atoms with Crippen molar-refractivity contribution in [2.75, 3.05) is 5.32 Å². The number of esters is 1. The molecule has 158 valence electrons. The summed E-state index contributed by atoms with van der Waals surface area (Å²) in [4.78, 5) is 27.4. The van der Waals surface area contributed by atoms with Gasteiger partial charge in [0.25, 0.3) is 5.91 Å². The Kier molecular flexibility index (Phi) is 6.29. The van der Waals surface area contributed by atoms with E-state index in [0.29, 0.717) is 6.42 Å². The maximum atomic E-state index is 12.2. The number of aromatic amines is 1. The van der Waals surface area contributed by atoms with Crippen LogP contribution in [0.1, 0.15) is 18.9 Å². The van der Waals surface area contributed by atoms with Crippen LogP contribution in [0, 0.1) is 0 Å². The molecule has 0 aliphatic carbocycles. The molecule has 1 aromatic heterocycles. The second-order valence-electron chi connectivity index (χ2n) is 6.55. The summed E-state index contributed by atoms with van der Waals surface area (Å²) in [5, 5.41) is 3.50. The highest BCUT2D eigenvalue weighted by Crippen LogP contribution is 2.24. The fourth-order valence-corrected chi connectivity index (χ4v) is 2.87. The number of anilines is 1. The van der Waals surface area contributed by atoms with Gasteiger partial charge in [-0.25, -0.2) is 0 Å². The van der Waals surface area contributed by atoms with Crippen LogP contribution >= 0.6 is 0 Å². The van der Waals surface area contributed by atoms with Gasteiger partial charge in [0.15, 0.2) is 6.10 Å². The Morgan fingerprint density at radius 3 is 2.50 bits per heavy atom. The Bertz CT molecular complexity index is 1030. The van der Waals surface area contributed by atoms with E-state index in [0.717, 1.165) is 28.6 Å². The quantitative estimate of drug-likeness (QED) is 0.549. The highest BCUT2D eigenvalue weighted by molar-refractivity contribution is 5.95. The van der Waals surface area contributed by atoms with E-state index in [-0.39, 0.29) is 12.1 Å². The number of H-pyrrole nitrogens is 1. The number of aryl methyl sites for hydroxylation is 1. The number of halogens is 3. The molecule has 3 aromatic rings. The molecule has 3 rings (SSSR count). The highest BCUT2D eigenvalue weighted by Gasteiger charge is 2.31. The standard InChI is InChI=1S/C21H19F3N2O4/c1-13(20(28)26-15-7-9-16(10-8-15)30-21(22,23)24)29-19(27)11-6-14-12-25-18-5-3-2-4-17(14)18/h2-5,7-10,12-13,25H,6,11H2,1H3,(H,26,28). The third kappa shape index (κ3) is 5.76. The van der Waals surface area contributed by atoms with E-state index in [4.69, 9.17) is 4.74 Å². The smallest absolute Gasteiger partial charge is 0.453 e. The molecule has 6 nitrogen and oxygen atoms in total. The summed E-state index contributed by atoms with van der Waals surface area (Å²) in [5.41, 5.74) is 2.19. The Hall–Kier alpha value is -3.49. The predicted octanol–water partition coefficient (Wildman–Crippen LogP) is 4.57. The van der Waals surface area contributed by atoms with E-state index in [1.807, 2.05) is 30.5 Å². The molecule has 2 N–H and O–H groups in total. The number of hydrogen-bond acceptors (Lipinski definition) is 4. The van der Waals surface area contributed by atoms with Crippen LogP contribution in [0.25, 0.3) is 10.9 Å². The van der Waals surface area contributed by atoms with Crippen molar-refractivity contribution in [3.63, 3.8) is 0 Å². The van der Waals surface area contributed by atoms with E-state index in [2.05, 4.69) is 15.0 Å². The lowest BCUT2D eigenvalue weighted by Gasteiger charge is -2.14. The molecule has 0 bridgehead atoms. The second kappa shape index (κ2) is 8.89. The van der Waals surface area contributed by atoms with Gasteiger partial charge in [-0.15, -0.1) is 13.2 Å². The number of hydrogen-bond donors (Lipinski definition) is 2. The summed E-state index contributed by atoms with van der Waals surface area (Å²) in [7, 11) is 0. The third-order valence-corrected chi connectivity index (χ3v) is 4.31. The Labute approximate surface area is 170 Å². The van der Waals surface area contributed by atoms with Crippen molar-refractivity contribution in [2.45, 2.75) is 32.2 Å². The first-order chi connectivity index (χ1) is 14.2. The van der Waals surface area contributed by atoms with E-state index in [1.165, 1.54) is 19.1 Å². The van der Waals surface area contributed by atoms with Crippen molar-refractivity contribution in [1.82, 2.24) is 4.98 Å². The number of benzene rings is 2. The minimum atomic E-state index is -4.79. The SMILES string of the molecule is CC(OC(=O)CCc1c[nH]c2ccccc12)C(=O)Nc1ccc(OC(F)(F)F)cc1. The van der Waals surface area contributed by atoms with E-state index >= 15 is 0 Å². The first-order valence-corrected chi connectivity index (χ1v) is 9.12. The molecule has 1 amide bonds. The Morgan fingerprint density at radius 1 is 1.10 bits per heavy atom. The number of para-hydroxylation sites is 1. The van der Waals surface area contributed by atoms with Crippen molar-refractivity contribution < 1.29 is 32.2 Å². The van der Waals surface area contributed by atoms with Crippen molar-refractivity contribution in [3.05, 3.63) is 60.3 Å². The summed E-state index contributed by atoms with van der Waals surface area (Å²) in [6.45, 7) is 1.42. The summed E-state index contributed by atoms with van der Waals surface area (Å²) in [6.07, 6.45) is -3.46. The molecule has 0 aliphatic heterocycles. The number of ether oxygens (including phenoxy) is 2. The average Bonchev–Trinajstić information content (AvgIpc) is 3.10. The van der Waals surface area contributed by atoms with Crippen LogP contribution < -0.4 is 10.1 Å². The van der Waals surface area contributed by atoms with Crippen molar-refractivity contribution in [3.8, 4) is 5.75 Å². The third-order valence-electron chi connectivity index (χ3n) is 4.31. The zero-order valence-corrected chi connectivity index (χ0v) is 16.0. The molecule has 0 spiro atoms. The minimum Gasteiger partial charge on any atom is -0.453 e. The number of alkyl halides is 3. The highest BCUT2D eigenvalue weighted by atomic mass is 19.4. The summed E-state index contributed by atoms with van der Waals surface area (Å²) in [5.74, 6) is -1.53. The first-order valence-electron chi connectivity index (χ1n) is 9.12. The lowest BCUT2D eigenvalue weighted by molar-refractivity contribution is -0.274. The largest absolute Gasteiger partial charge is 0.573 e. The van der Waals surface area contributed by atoms with Gasteiger partial charge in [0.05, 0.1) is 0 Å². The van der Waals surface area contributed by atoms with Crippen molar-refractivity contribution in [2.24, 2.45) is 0 Å². The fraction of sp³-hybridized carbons (Fsp3) is 0.238. The summed E-state index contributed by atoms with van der Waals surface area (Å²) < 4.78 is 45.4. The fourth-order valence-electron chi connectivity index (χ4n) is 2.87. The normalized spacial score (nSPS) is 12.4. The van der Waals surface area contributed by atoms with Gasteiger partial charge in [-0.05, 0) is 49.2 Å². The lowest BCUT2D eigenvalue weighted by atomic mass is 10.1. The first kappa shape index (κ1) is 21.2. The van der Waals surface area contributed by atoms with Crippen LogP contribution in [0.15, 0.2) is 54.7 Å². The van der Waals surface area contributed by atoms with Crippen LogP contribution in [0.4, 0.5) is 18.9 Å². The number of aromatic nitrogens is 1. The van der Waals surface area contributed by atoms with Gasteiger partial charge in [0, 0.05) is 29.2 Å². The zero-order valence-electron chi connectivity index (χ0n) is 16.0. The Morgan fingerprint density at radius 2 is 1.80 bits per heavy atom. The van der Waals surface area contributed by atoms with Gasteiger partial charge in [-0.1, -0.05) is 18.2 Å². The molecular weight excluding hydrogens is 401 g/mol. The van der Waals surface area contributed by atoms with Crippen LogP contribution in [0.5, 0.6) is 5.75 Å². The minimum absolute atomic E-state index is 0.100. The zero-order chi connectivity index (χ0) is 21.7. The van der Waals surface area contributed by atoms with Gasteiger partial charge in [0.1, 0.15) is 5.75 Å². The summed E-state index contributed by atoms with van der Waals surface area (Å²) >= 11 is 0. The number of rotatable bonds is 7. The van der Waals surface area contributed by atoms with E-state index in [1.54, 1.807) is 0 Å². The van der Waals surface area contributed by atoms with Gasteiger partial charge < -0.3 is 19.8 Å². The van der Waals surface area contributed by atoms with Gasteiger partial charge in [-0.3, -0.25) is 9.59 Å². The van der Waals surface area contributed by atoms with Crippen LogP contribution in [-0.4, -0.2) is 29.3 Å². The molecule has 30 heavy (non-hydrogen) atoms. The molecule has 0 saturated heterocycles. The number of nitrogens with one attached hydrogen (secondary N) is 2. The molecule has 0 saturated carbocycles. The molecule has 0 aliphatic rings. The van der Waals surface area contributed by atoms with Crippen LogP contribution in [0.2, 0.25) is 0 Å². The molecule has 0 radical (unpaired) electrons. The van der Waals surface area contributed by atoms with Crippen molar-refractivity contribution in [1.29, 1.82) is 0 Å². The van der Waals surface area contributed by atoms with Crippen molar-refractivity contribution >= 4 is 28.5 Å². The molecule has 1 unspecified atom stereocenters. The number of carbonyl (C=O) groups excluding carboxylic acids is 2. The number of amides is 1. The van der Waals surface area contributed by atoms with Gasteiger partial charge in [0.2, 0.25) is 0 Å². The van der Waals surface area contributed by atoms with Gasteiger partial charge >= 0.3 is 12.3 Å². The van der Waals surface area contributed by atoms with E-state index < -0.39 is 30.1 Å². The maximum Gasteiger partial charge on any atom is 0.573 e. The number of carbonyl (C=O) groups is 2. The average molecular weight is 420 g/mol. The topological polar surface area (TPSA) is 80.4 Å².